The third-order valence-electron chi connectivity index (χ3n) is 5.79. The molecule has 0 bridgehead atoms. The Morgan fingerprint density at radius 2 is 0.878 bits per heavy atom. The summed E-state index contributed by atoms with van der Waals surface area (Å²) in [6.07, 6.45) is -12.8. The van der Waals surface area contributed by atoms with Gasteiger partial charge in [-0.1, -0.05) is 0 Å². The standard InChI is InChI=1S/C25H36O16/c1-10-18(35-11(2)26)20(37-13(4)28)23(40-16(7)31)25(34-10)33-9-17-19(36-12(3)27)21(38-14(5)29)22(39-15(6)30)24(32-8)41-17/h10,17-25H,9H2,1-8H3. The number of ether oxygens (including phenoxy) is 10. The molecule has 0 aromatic rings. The van der Waals surface area contributed by atoms with E-state index in [0.29, 0.717) is 0 Å². The minimum atomic E-state index is -1.41. The Bertz CT molecular complexity index is 981. The Kier molecular flexibility index (Phi) is 12.4. The number of esters is 6. The zero-order chi connectivity index (χ0) is 31.0. The van der Waals surface area contributed by atoms with Gasteiger partial charge in [0.1, 0.15) is 6.10 Å². The Morgan fingerprint density at radius 1 is 0.512 bits per heavy atom. The number of hydrogen-bond donors (Lipinski definition) is 0. The predicted molar refractivity (Wildman–Crippen MR) is 129 cm³/mol. The van der Waals surface area contributed by atoms with Crippen LogP contribution in [0.2, 0.25) is 0 Å². The second-order valence-electron chi connectivity index (χ2n) is 9.27. The molecule has 0 amide bonds. The highest BCUT2D eigenvalue weighted by atomic mass is 16.8. The van der Waals surface area contributed by atoms with E-state index in [0.717, 1.165) is 41.5 Å². The van der Waals surface area contributed by atoms with E-state index < -0.39 is 104 Å². The fourth-order valence-corrected chi connectivity index (χ4v) is 4.47. The molecule has 2 aliphatic heterocycles. The third kappa shape index (κ3) is 9.62. The summed E-state index contributed by atoms with van der Waals surface area (Å²) >= 11 is 0. The zero-order valence-corrected chi connectivity index (χ0v) is 24.0. The molecule has 16 heteroatoms. The fraction of sp³-hybridized carbons (Fsp3) is 0.760. The lowest BCUT2D eigenvalue weighted by molar-refractivity contribution is -0.329. The van der Waals surface area contributed by atoms with E-state index in [1.165, 1.54) is 14.0 Å². The van der Waals surface area contributed by atoms with Crippen LogP contribution in [0, 0.1) is 0 Å². The van der Waals surface area contributed by atoms with Crippen molar-refractivity contribution in [3.8, 4) is 0 Å². The smallest absolute Gasteiger partial charge is 0.303 e. The molecule has 2 rings (SSSR count). The molecule has 2 fully saturated rings. The van der Waals surface area contributed by atoms with Gasteiger partial charge in [-0.05, 0) is 6.92 Å². The quantitative estimate of drug-likeness (QED) is 0.237. The van der Waals surface area contributed by atoms with E-state index in [2.05, 4.69) is 0 Å². The normalized spacial score (nSPS) is 33.1. The molecule has 41 heavy (non-hydrogen) atoms. The van der Waals surface area contributed by atoms with Gasteiger partial charge in [-0.2, -0.15) is 0 Å². The summed E-state index contributed by atoms with van der Waals surface area (Å²) in [7, 11) is 1.25. The van der Waals surface area contributed by atoms with Crippen LogP contribution in [-0.2, 0) is 76.1 Å². The predicted octanol–water partition coefficient (Wildman–Crippen LogP) is -0.291. The van der Waals surface area contributed by atoms with Gasteiger partial charge in [0, 0.05) is 48.7 Å². The molecule has 10 unspecified atom stereocenters. The molecule has 0 radical (unpaired) electrons. The summed E-state index contributed by atoms with van der Waals surface area (Å²) in [4.78, 5) is 71.3. The van der Waals surface area contributed by atoms with Crippen LogP contribution in [0.1, 0.15) is 48.5 Å². The Labute approximate surface area is 236 Å². The molecule has 2 saturated heterocycles. The van der Waals surface area contributed by atoms with Gasteiger partial charge in [-0.3, -0.25) is 28.8 Å². The number of carbonyl (C=O) groups is 6. The lowest BCUT2D eigenvalue weighted by atomic mass is 9.97. The van der Waals surface area contributed by atoms with Crippen molar-refractivity contribution >= 4 is 35.8 Å². The van der Waals surface area contributed by atoms with Crippen LogP contribution >= 0.6 is 0 Å². The van der Waals surface area contributed by atoms with E-state index >= 15 is 0 Å². The molecule has 0 aliphatic carbocycles. The second-order valence-corrected chi connectivity index (χ2v) is 9.27. The first-order valence-electron chi connectivity index (χ1n) is 12.6. The van der Waals surface area contributed by atoms with Crippen LogP contribution in [0.15, 0.2) is 0 Å². The maximum absolute atomic E-state index is 12.0. The molecule has 16 nitrogen and oxygen atoms in total. The Morgan fingerprint density at radius 3 is 1.32 bits per heavy atom. The van der Waals surface area contributed by atoms with E-state index in [-0.39, 0.29) is 0 Å². The largest absolute Gasteiger partial charge is 0.456 e. The molecule has 0 aromatic heterocycles. The summed E-state index contributed by atoms with van der Waals surface area (Å²) in [5, 5.41) is 0. The number of carbonyl (C=O) groups excluding carboxylic acids is 6. The van der Waals surface area contributed by atoms with E-state index in [1.54, 1.807) is 0 Å². The fourth-order valence-electron chi connectivity index (χ4n) is 4.47. The third-order valence-corrected chi connectivity index (χ3v) is 5.79. The van der Waals surface area contributed by atoms with Gasteiger partial charge in [0.25, 0.3) is 0 Å². The van der Waals surface area contributed by atoms with Crippen molar-refractivity contribution in [1.29, 1.82) is 0 Å². The van der Waals surface area contributed by atoms with Crippen LogP contribution in [0.25, 0.3) is 0 Å². The Hall–Kier alpha value is -3.34. The highest BCUT2D eigenvalue weighted by Crippen LogP contribution is 2.32. The molecule has 0 spiro atoms. The van der Waals surface area contributed by atoms with Crippen molar-refractivity contribution in [1.82, 2.24) is 0 Å². The molecular formula is C25H36O16. The first-order chi connectivity index (χ1) is 19.1. The molecule has 2 aliphatic rings. The SMILES string of the molecule is COC1OC(COC2OC(C)C(OC(C)=O)C(OC(C)=O)C2OC(C)=O)C(OC(C)=O)C(OC(C)=O)C1OC(C)=O. The van der Waals surface area contributed by atoms with Crippen LogP contribution in [0.5, 0.6) is 0 Å². The zero-order valence-electron chi connectivity index (χ0n) is 24.0. The van der Waals surface area contributed by atoms with Crippen LogP contribution in [-0.4, -0.2) is 111 Å². The highest BCUT2D eigenvalue weighted by molar-refractivity contribution is 5.69. The van der Waals surface area contributed by atoms with Crippen molar-refractivity contribution < 1.29 is 76.1 Å². The van der Waals surface area contributed by atoms with Gasteiger partial charge in [0.05, 0.1) is 12.7 Å². The number of rotatable bonds is 10. The van der Waals surface area contributed by atoms with Crippen molar-refractivity contribution in [3.05, 3.63) is 0 Å². The molecule has 0 aromatic carbocycles. The number of methoxy groups -OCH3 is 1. The second kappa shape index (κ2) is 15.0. The van der Waals surface area contributed by atoms with Crippen LogP contribution < -0.4 is 0 Å². The van der Waals surface area contributed by atoms with Crippen LogP contribution in [0.3, 0.4) is 0 Å². The Balaban J connectivity index is 2.41. The maximum Gasteiger partial charge on any atom is 0.303 e. The van der Waals surface area contributed by atoms with Crippen molar-refractivity contribution in [3.63, 3.8) is 0 Å². The van der Waals surface area contributed by atoms with Gasteiger partial charge in [-0.25, -0.2) is 0 Å². The lowest BCUT2D eigenvalue weighted by Crippen LogP contribution is -2.64. The number of hydrogen-bond acceptors (Lipinski definition) is 16. The highest BCUT2D eigenvalue weighted by Gasteiger charge is 2.54. The average Bonchev–Trinajstić information content (AvgIpc) is 2.83. The summed E-state index contributed by atoms with van der Waals surface area (Å²) in [6, 6.07) is 0. The van der Waals surface area contributed by atoms with Gasteiger partial charge in [0.15, 0.2) is 49.2 Å². The summed E-state index contributed by atoms with van der Waals surface area (Å²) < 4.78 is 54.9. The van der Waals surface area contributed by atoms with E-state index in [1.807, 2.05) is 0 Å². The molecule has 2 heterocycles. The molecule has 0 N–H and O–H groups in total. The topological polar surface area (TPSA) is 195 Å². The van der Waals surface area contributed by atoms with Gasteiger partial charge < -0.3 is 47.4 Å². The molecule has 232 valence electrons. The van der Waals surface area contributed by atoms with Crippen LogP contribution in [0.4, 0.5) is 0 Å². The van der Waals surface area contributed by atoms with Crippen molar-refractivity contribution in [2.45, 2.75) is 110 Å². The monoisotopic (exact) mass is 592 g/mol. The van der Waals surface area contributed by atoms with Crippen molar-refractivity contribution in [2.75, 3.05) is 13.7 Å². The minimum absolute atomic E-state index is 0.456. The van der Waals surface area contributed by atoms with Gasteiger partial charge >= 0.3 is 35.8 Å². The first-order valence-corrected chi connectivity index (χ1v) is 12.6. The lowest BCUT2D eigenvalue weighted by Gasteiger charge is -2.45. The summed E-state index contributed by atoms with van der Waals surface area (Å²) in [5.74, 6) is -4.55. The van der Waals surface area contributed by atoms with E-state index in [9.17, 15) is 28.8 Å². The molecule has 0 saturated carbocycles. The average molecular weight is 593 g/mol. The van der Waals surface area contributed by atoms with E-state index in [4.69, 9.17) is 47.4 Å². The summed E-state index contributed by atoms with van der Waals surface area (Å²) in [5.41, 5.74) is 0. The minimum Gasteiger partial charge on any atom is -0.456 e. The first kappa shape index (κ1) is 33.9. The van der Waals surface area contributed by atoms with Gasteiger partial charge in [-0.15, -0.1) is 0 Å². The molecular weight excluding hydrogens is 556 g/mol. The maximum atomic E-state index is 12.0. The summed E-state index contributed by atoms with van der Waals surface area (Å²) in [6.45, 7) is 7.75. The van der Waals surface area contributed by atoms with Crippen molar-refractivity contribution in [2.24, 2.45) is 0 Å². The molecule has 10 atom stereocenters. The van der Waals surface area contributed by atoms with Gasteiger partial charge in [0.2, 0.25) is 0 Å².